The Morgan fingerprint density at radius 3 is 2.26 bits per heavy atom. The molecule has 117 valence electrons. The van der Waals surface area contributed by atoms with Crippen LogP contribution in [0, 0.1) is 0 Å². The van der Waals surface area contributed by atoms with Crippen LogP contribution >= 0.6 is 0 Å². The van der Waals surface area contributed by atoms with Crippen molar-refractivity contribution < 1.29 is 19.1 Å². The van der Waals surface area contributed by atoms with Crippen molar-refractivity contribution in [2.75, 3.05) is 6.61 Å². The second-order valence-electron chi connectivity index (χ2n) is 5.31. The standard InChI is InChI=1S/C18H16NO4/c1-12(23-11-20)19-18(21)22-10-17-15-8-4-2-6-13(15)14-7-3-5-9-16(14)17/h2-9,12,17H,10H2,1H3,(H,19,21). The van der Waals surface area contributed by atoms with Gasteiger partial charge >= 0.3 is 12.6 Å². The first-order chi connectivity index (χ1) is 11.2. The van der Waals surface area contributed by atoms with Gasteiger partial charge in [0.25, 0.3) is 0 Å². The van der Waals surface area contributed by atoms with Crippen molar-refractivity contribution in [2.24, 2.45) is 0 Å². The zero-order valence-electron chi connectivity index (χ0n) is 12.6. The number of hydrogen-bond acceptors (Lipinski definition) is 4. The lowest BCUT2D eigenvalue weighted by Crippen LogP contribution is -2.35. The maximum atomic E-state index is 11.8. The molecule has 1 amide bonds. The molecule has 0 aliphatic heterocycles. The van der Waals surface area contributed by atoms with Gasteiger partial charge in [-0.25, -0.2) is 9.59 Å². The number of carbonyl (C=O) groups excluding carboxylic acids is 2. The summed E-state index contributed by atoms with van der Waals surface area (Å²) in [5.41, 5.74) is 4.63. The van der Waals surface area contributed by atoms with Gasteiger partial charge < -0.3 is 9.47 Å². The summed E-state index contributed by atoms with van der Waals surface area (Å²) in [6.07, 6.45) is -1.40. The van der Waals surface area contributed by atoms with Crippen molar-refractivity contribution in [3.05, 3.63) is 59.7 Å². The third-order valence-corrected chi connectivity index (χ3v) is 3.89. The Kier molecular flexibility index (Phi) is 4.28. The number of hydrogen-bond donors (Lipinski definition) is 1. The Morgan fingerprint density at radius 1 is 1.13 bits per heavy atom. The molecule has 0 fully saturated rings. The summed E-state index contributed by atoms with van der Waals surface area (Å²) in [6.45, 7) is 3.02. The highest BCUT2D eigenvalue weighted by Crippen LogP contribution is 2.44. The van der Waals surface area contributed by atoms with E-state index < -0.39 is 12.3 Å². The molecule has 1 aliphatic rings. The molecule has 1 aliphatic carbocycles. The predicted molar refractivity (Wildman–Crippen MR) is 84.4 cm³/mol. The fourth-order valence-corrected chi connectivity index (χ4v) is 2.91. The first-order valence-electron chi connectivity index (χ1n) is 7.35. The van der Waals surface area contributed by atoms with Crippen molar-refractivity contribution in [2.45, 2.75) is 19.1 Å². The average Bonchev–Trinajstić information content (AvgIpc) is 2.87. The number of carbonyl (C=O) groups is 1. The lowest BCUT2D eigenvalue weighted by atomic mass is 9.98. The highest BCUT2D eigenvalue weighted by molar-refractivity contribution is 5.79. The number of rotatable bonds is 5. The van der Waals surface area contributed by atoms with E-state index in [-0.39, 0.29) is 12.5 Å². The summed E-state index contributed by atoms with van der Waals surface area (Å²) in [5.74, 6) is 0.00186. The summed E-state index contributed by atoms with van der Waals surface area (Å²) >= 11 is 0. The van der Waals surface area contributed by atoms with Crippen molar-refractivity contribution in [3.63, 3.8) is 0 Å². The molecule has 1 atom stereocenters. The molecule has 0 heterocycles. The second kappa shape index (κ2) is 6.52. The molecule has 23 heavy (non-hydrogen) atoms. The highest BCUT2D eigenvalue weighted by Gasteiger charge is 2.29. The first-order valence-corrected chi connectivity index (χ1v) is 7.35. The molecule has 1 unspecified atom stereocenters. The minimum Gasteiger partial charge on any atom is -0.448 e. The Bertz CT molecular complexity index is 683. The van der Waals surface area contributed by atoms with Crippen LogP contribution in [-0.2, 0) is 14.3 Å². The van der Waals surface area contributed by atoms with E-state index in [0.29, 0.717) is 0 Å². The van der Waals surface area contributed by atoms with E-state index in [4.69, 9.17) is 4.74 Å². The zero-order chi connectivity index (χ0) is 16.2. The van der Waals surface area contributed by atoms with Gasteiger partial charge in [0.2, 0.25) is 0 Å². The van der Waals surface area contributed by atoms with Crippen LogP contribution in [0.5, 0.6) is 0 Å². The lowest BCUT2D eigenvalue weighted by molar-refractivity contribution is 0.108. The molecule has 5 nitrogen and oxygen atoms in total. The maximum absolute atomic E-state index is 11.8. The summed E-state index contributed by atoms with van der Waals surface area (Å²) in [4.78, 5) is 21.9. The molecule has 0 saturated carbocycles. The summed E-state index contributed by atoms with van der Waals surface area (Å²) in [5, 5.41) is 2.41. The minimum absolute atomic E-state index is 0.00186. The molecule has 0 spiro atoms. The summed E-state index contributed by atoms with van der Waals surface area (Å²) < 4.78 is 9.78. The number of fused-ring (bicyclic) bond motifs is 3. The number of amides is 1. The Morgan fingerprint density at radius 2 is 1.70 bits per heavy atom. The van der Waals surface area contributed by atoms with Crippen LogP contribution < -0.4 is 5.32 Å². The van der Waals surface area contributed by atoms with Gasteiger partial charge in [-0.15, -0.1) is 0 Å². The SMILES string of the molecule is CC(NC(=O)OCC1c2ccccc2-c2ccccc21)O[C]=O. The maximum Gasteiger partial charge on any atom is 0.419 e. The molecule has 2 aromatic rings. The van der Waals surface area contributed by atoms with Gasteiger partial charge in [-0.05, 0) is 29.2 Å². The second-order valence-corrected chi connectivity index (χ2v) is 5.31. The van der Waals surface area contributed by atoms with Crippen molar-refractivity contribution >= 4 is 12.6 Å². The highest BCUT2D eigenvalue weighted by atomic mass is 16.6. The average molecular weight is 310 g/mol. The number of nitrogens with one attached hydrogen (secondary N) is 1. The van der Waals surface area contributed by atoms with Crippen LogP contribution in [0.4, 0.5) is 4.79 Å². The van der Waals surface area contributed by atoms with Gasteiger partial charge in [-0.2, -0.15) is 0 Å². The minimum atomic E-state index is -0.775. The summed E-state index contributed by atoms with van der Waals surface area (Å²) in [6, 6.07) is 16.2. The van der Waals surface area contributed by atoms with Crippen LogP contribution in [0.3, 0.4) is 0 Å². The van der Waals surface area contributed by atoms with E-state index in [2.05, 4.69) is 22.2 Å². The Balaban J connectivity index is 1.73. The molecule has 0 bridgehead atoms. The van der Waals surface area contributed by atoms with Crippen molar-refractivity contribution in [3.8, 4) is 11.1 Å². The Labute approximate surface area is 134 Å². The Hall–Kier alpha value is -2.82. The van der Waals surface area contributed by atoms with Gasteiger partial charge in [-0.1, -0.05) is 48.5 Å². The number of benzene rings is 2. The van der Waals surface area contributed by atoms with Crippen LogP contribution in [0.2, 0.25) is 0 Å². The van der Waals surface area contributed by atoms with Gasteiger partial charge in [-0.3, -0.25) is 5.32 Å². The van der Waals surface area contributed by atoms with E-state index in [9.17, 15) is 9.59 Å². The van der Waals surface area contributed by atoms with E-state index in [1.54, 1.807) is 0 Å². The first kappa shape index (κ1) is 15.1. The number of alkyl carbamates (subject to hydrolysis) is 1. The molecule has 5 heteroatoms. The van der Waals surface area contributed by atoms with E-state index in [1.807, 2.05) is 36.4 Å². The smallest absolute Gasteiger partial charge is 0.419 e. The fourth-order valence-electron chi connectivity index (χ4n) is 2.91. The largest absolute Gasteiger partial charge is 0.448 e. The zero-order valence-corrected chi connectivity index (χ0v) is 12.6. The lowest BCUT2D eigenvalue weighted by Gasteiger charge is -2.16. The van der Waals surface area contributed by atoms with Gasteiger partial charge in [0.15, 0.2) is 6.23 Å². The molecule has 1 N–H and O–H groups in total. The molecule has 0 saturated heterocycles. The van der Waals surface area contributed by atoms with Crippen LogP contribution in [0.25, 0.3) is 11.1 Å². The number of ether oxygens (including phenoxy) is 2. The van der Waals surface area contributed by atoms with Crippen molar-refractivity contribution in [1.82, 2.24) is 5.32 Å². The van der Waals surface area contributed by atoms with E-state index in [1.165, 1.54) is 24.5 Å². The van der Waals surface area contributed by atoms with Gasteiger partial charge in [0.05, 0.1) is 0 Å². The van der Waals surface area contributed by atoms with Crippen molar-refractivity contribution in [1.29, 1.82) is 0 Å². The quantitative estimate of drug-likeness (QED) is 0.862. The summed E-state index contributed by atoms with van der Waals surface area (Å²) in [7, 11) is 0. The predicted octanol–water partition coefficient (Wildman–Crippen LogP) is 2.95. The third kappa shape index (κ3) is 3.04. The molecule has 0 aromatic heterocycles. The van der Waals surface area contributed by atoms with Crippen LogP contribution in [0.1, 0.15) is 24.0 Å². The normalized spacial score (nSPS) is 13.6. The van der Waals surface area contributed by atoms with E-state index in [0.717, 1.165) is 11.1 Å². The van der Waals surface area contributed by atoms with Crippen LogP contribution in [-0.4, -0.2) is 25.4 Å². The van der Waals surface area contributed by atoms with Gasteiger partial charge in [0.1, 0.15) is 6.61 Å². The molecule has 1 radical (unpaired) electrons. The van der Waals surface area contributed by atoms with Gasteiger partial charge in [0, 0.05) is 5.92 Å². The molecule has 3 rings (SSSR count). The fraction of sp³-hybridized carbons (Fsp3) is 0.222. The van der Waals surface area contributed by atoms with Crippen LogP contribution in [0.15, 0.2) is 48.5 Å². The topological polar surface area (TPSA) is 64.6 Å². The monoisotopic (exact) mass is 310 g/mol. The van der Waals surface area contributed by atoms with E-state index >= 15 is 0 Å². The molecular weight excluding hydrogens is 294 g/mol. The molecular formula is C18H16NO4. The molecule has 2 aromatic carbocycles. The third-order valence-electron chi connectivity index (χ3n) is 3.89.